The van der Waals surface area contributed by atoms with E-state index in [4.69, 9.17) is 4.74 Å². The van der Waals surface area contributed by atoms with Gasteiger partial charge in [-0.05, 0) is 37.8 Å². The third kappa shape index (κ3) is 2.54. The lowest BCUT2D eigenvalue weighted by atomic mass is 10.00. The fourth-order valence-electron chi connectivity index (χ4n) is 3.24. The maximum Gasteiger partial charge on any atom is 0.293 e. The van der Waals surface area contributed by atoms with Crippen LogP contribution in [0, 0.1) is 20.8 Å². The maximum atomic E-state index is 5.97. The first-order chi connectivity index (χ1) is 10.5. The lowest BCUT2D eigenvalue weighted by molar-refractivity contribution is -0.452. The Morgan fingerprint density at radius 1 is 1.09 bits per heavy atom. The Hall–Kier alpha value is -2.09. The summed E-state index contributed by atoms with van der Waals surface area (Å²) in [5, 5.41) is 0. The molecule has 0 bridgehead atoms. The van der Waals surface area contributed by atoms with Crippen molar-refractivity contribution in [3.8, 4) is 5.75 Å². The monoisotopic (exact) mass is 294 g/mol. The van der Waals surface area contributed by atoms with Crippen molar-refractivity contribution >= 4 is 11.9 Å². The van der Waals surface area contributed by atoms with Crippen molar-refractivity contribution in [1.82, 2.24) is 0 Å². The molecular weight excluding hydrogens is 270 g/mol. The van der Waals surface area contributed by atoms with Gasteiger partial charge in [-0.2, -0.15) is 4.58 Å². The Morgan fingerprint density at radius 3 is 2.41 bits per heavy atom. The molecule has 2 nitrogen and oxygen atoms in total. The molecule has 0 spiro atoms. The molecule has 2 aromatic rings. The summed E-state index contributed by atoms with van der Waals surface area (Å²) < 4.78 is 8.19. The molecule has 1 aliphatic heterocycles. The Balaban J connectivity index is 2.09. The summed E-state index contributed by atoms with van der Waals surface area (Å²) in [6.07, 6.45) is 2.22. The van der Waals surface area contributed by atoms with Gasteiger partial charge in [-0.3, -0.25) is 0 Å². The largest absolute Gasteiger partial charge is 0.429 e. The summed E-state index contributed by atoms with van der Waals surface area (Å²) in [5.41, 5.74) is 7.68. The second kappa shape index (κ2) is 5.60. The summed E-state index contributed by atoms with van der Waals surface area (Å²) in [5.74, 6) is 1.51. The fraction of sp³-hybridized carbons (Fsp3) is 0.350. The van der Waals surface area contributed by atoms with Crippen molar-refractivity contribution in [2.75, 3.05) is 6.73 Å². The molecule has 0 atom stereocenters. The maximum absolute atomic E-state index is 5.97. The van der Waals surface area contributed by atoms with Crippen LogP contribution in [0.3, 0.4) is 0 Å². The van der Waals surface area contributed by atoms with Gasteiger partial charge in [-0.1, -0.05) is 43.7 Å². The molecule has 1 heterocycles. The summed E-state index contributed by atoms with van der Waals surface area (Å²) in [6, 6.07) is 10.9. The van der Waals surface area contributed by atoms with Gasteiger partial charge in [-0.15, -0.1) is 0 Å². The Labute approximate surface area is 133 Å². The van der Waals surface area contributed by atoms with E-state index in [1.165, 1.54) is 33.5 Å². The molecule has 0 unspecified atom stereocenters. The molecule has 2 aromatic carbocycles. The number of ether oxygens (including phenoxy) is 1. The van der Waals surface area contributed by atoms with Crippen molar-refractivity contribution in [1.29, 1.82) is 0 Å². The van der Waals surface area contributed by atoms with Gasteiger partial charge >= 0.3 is 0 Å². The normalized spacial score (nSPS) is 15.3. The topological polar surface area (TPSA) is 12.2 Å². The van der Waals surface area contributed by atoms with E-state index >= 15 is 0 Å². The van der Waals surface area contributed by atoms with Crippen molar-refractivity contribution in [3.63, 3.8) is 0 Å². The molecule has 0 saturated heterocycles. The lowest BCUT2D eigenvalue weighted by Crippen LogP contribution is -2.09. The molecule has 0 radical (unpaired) electrons. The second-order valence-electron chi connectivity index (χ2n) is 6.53. The highest BCUT2D eigenvalue weighted by Crippen LogP contribution is 2.39. The van der Waals surface area contributed by atoms with Gasteiger partial charge in [-0.25, -0.2) is 0 Å². The molecule has 0 aliphatic carbocycles. The van der Waals surface area contributed by atoms with Crippen LogP contribution in [-0.4, -0.2) is 17.5 Å². The summed E-state index contributed by atoms with van der Waals surface area (Å²) in [7, 11) is 0. The van der Waals surface area contributed by atoms with E-state index in [0.29, 0.717) is 12.6 Å². The lowest BCUT2D eigenvalue weighted by Gasteiger charge is -2.07. The van der Waals surface area contributed by atoms with Gasteiger partial charge in [0.05, 0.1) is 0 Å². The van der Waals surface area contributed by atoms with Gasteiger partial charge < -0.3 is 4.74 Å². The van der Waals surface area contributed by atoms with E-state index < -0.39 is 0 Å². The van der Waals surface area contributed by atoms with Crippen molar-refractivity contribution < 1.29 is 9.31 Å². The average Bonchev–Trinajstić information content (AvgIpc) is 2.85. The van der Waals surface area contributed by atoms with Crippen LogP contribution in [0.1, 0.15) is 47.6 Å². The smallest absolute Gasteiger partial charge is 0.293 e. The second-order valence-corrected chi connectivity index (χ2v) is 6.53. The van der Waals surface area contributed by atoms with Crippen LogP contribution in [0.25, 0.3) is 0 Å². The highest BCUT2D eigenvalue weighted by Gasteiger charge is 2.28. The van der Waals surface area contributed by atoms with E-state index in [0.717, 1.165) is 5.75 Å². The number of para-hydroxylation sites is 1. The first-order valence-corrected chi connectivity index (χ1v) is 7.92. The molecule has 22 heavy (non-hydrogen) atoms. The molecule has 0 N–H and O–H groups in total. The molecular formula is C20H24NO+. The molecule has 3 rings (SSSR count). The number of hydrogen-bond donors (Lipinski definition) is 0. The summed E-state index contributed by atoms with van der Waals surface area (Å²) in [4.78, 5) is 0. The van der Waals surface area contributed by atoms with Crippen molar-refractivity contribution in [2.45, 2.75) is 40.5 Å². The third-order valence-electron chi connectivity index (χ3n) is 4.33. The molecule has 2 heteroatoms. The fourth-order valence-corrected chi connectivity index (χ4v) is 3.24. The number of rotatable bonds is 2. The van der Waals surface area contributed by atoms with Gasteiger partial charge in [0.2, 0.25) is 5.75 Å². The minimum Gasteiger partial charge on any atom is -0.429 e. The molecule has 0 saturated carbocycles. The highest BCUT2D eigenvalue weighted by atomic mass is 16.5. The molecule has 0 fully saturated rings. The van der Waals surface area contributed by atoms with Gasteiger partial charge in [0.25, 0.3) is 12.4 Å². The average molecular weight is 294 g/mol. The van der Waals surface area contributed by atoms with Gasteiger partial charge in [0.15, 0.2) is 6.21 Å². The first-order valence-electron chi connectivity index (χ1n) is 7.92. The number of aryl methyl sites for hydroxylation is 3. The standard InChI is InChI=1S/C20H24NO/c1-13(2)17-7-6-8-19-20(17)22-12-21(19)11-18-15(4)9-14(3)10-16(18)5/h6-11,13H,12H2,1-5H3/q+1/b21-11-. The van der Waals surface area contributed by atoms with Gasteiger partial charge in [0, 0.05) is 17.2 Å². The van der Waals surface area contributed by atoms with E-state index in [1.807, 2.05) is 0 Å². The van der Waals surface area contributed by atoms with Crippen LogP contribution in [0.5, 0.6) is 5.75 Å². The van der Waals surface area contributed by atoms with Crippen LogP contribution in [0.2, 0.25) is 0 Å². The van der Waals surface area contributed by atoms with E-state index in [9.17, 15) is 0 Å². The van der Waals surface area contributed by atoms with E-state index in [1.54, 1.807) is 0 Å². The summed E-state index contributed by atoms with van der Waals surface area (Å²) >= 11 is 0. The van der Waals surface area contributed by atoms with Crippen LogP contribution >= 0.6 is 0 Å². The van der Waals surface area contributed by atoms with Gasteiger partial charge in [0.1, 0.15) is 0 Å². The van der Waals surface area contributed by atoms with Crippen molar-refractivity contribution in [3.05, 3.63) is 58.1 Å². The van der Waals surface area contributed by atoms with Crippen molar-refractivity contribution in [2.24, 2.45) is 0 Å². The molecule has 0 aromatic heterocycles. The predicted octanol–water partition coefficient (Wildman–Crippen LogP) is 4.85. The highest BCUT2D eigenvalue weighted by molar-refractivity contribution is 5.81. The number of fused-ring (bicyclic) bond motifs is 1. The van der Waals surface area contributed by atoms with Crippen LogP contribution < -0.4 is 4.74 Å². The Morgan fingerprint density at radius 2 is 1.77 bits per heavy atom. The zero-order valence-corrected chi connectivity index (χ0v) is 14.1. The number of hydrogen-bond acceptors (Lipinski definition) is 1. The molecule has 114 valence electrons. The van der Waals surface area contributed by atoms with E-state index in [-0.39, 0.29) is 0 Å². The Kier molecular flexibility index (Phi) is 3.78. The number of nitrogens with zero attached hydrogens (tertiary/aromatic N) is 1. The third-order valence-corrected chi connectivity index (χ3v) is 4.33. The van der Waals surface area contributed by atoms with Crippen LogP contribution in [0.15, 0.2) is 30.3 Å². The summed E-state index contributed by atoms with van der Waals surface area (Å²) in [6.45, 7) is 11.5. The molecule has 0 amide bonds. The van der Waals surface area contributed by atoms with E-state index in [2.05, 4.69) is 75.7 Å². The molecule has 1 aliphatic rings. The minimum absolute atomic E-state index is 0.470. The van der Waals surface area contributed by atoms with Crippen LogP contribution in [0.4, 0.5) is 5.69 Å². The first kappa shape index (κ1) is 14.8. The quantitative estimate of drug-likeness (QED) is 0.721. The van der Waals surface area contributed by atoms with Crippen LogP contribution in [-0.2, 0) is 0 Å². The minimum atomic E-state index is 0.470. The zero-order chi connectivity index (χ0) is 15.9. The zero-order valence-electron chi connectivity index (χ0n) is 14.1. The Bertz CT molecular complexity index is 733. The predicted molar refractivity (Wildman–Crippen MR) is 91.8 cm³/mol. The SMILES string of the molecule is Cc1cc(C)c(/C=[N+]2/COc3c(C(C)C)cccc32)c(C)c1. The number of benzene rings is 2.